The Bertz CT molecular complexity index is 1120. The number of ether oxygens (including phenoxy) is 1. The Kier molecular flexibility index (Phi) is 8.75. The number of carbonyl (C=O) groups excluding carboxylic acids is 1. The molecule has 0 saturated carbocycles. The third kappa shape index (κ3) is 7.83. The minimum atomic E-state index is -3.44. The molecule has 0 radical (unpaired) electrons. The Labute approximate surface area is 230 Å². The largest absolute Gasteiger partial charge is 0.444 e. The topological polar surface area (TPSA) is 78.9 Å². The Morgan fingerprint density at radius 3 is 1.92 bits per heavy atom. The maximum Gasteiger partial charge on any atom is 0.410 e. The van der Waals surface area contributed by atoms with Crippen LogP contribution in [-0.2, 0) is 14.8 Å². The minimum absolute atomic E-state index is 0.0169. The Morgan fingerprint density at radius 1 is 0.973 bits per heavy atom. The smallest absolute Gasteiger partial charge is 0.410 e. The molecule has 0 aliphatic carbocycles. The summed E-state index contributed by atoms with van der Waals surface area (Å²) in [5, 5.41) is 1.34. The summed E-state index contributed by atoms with van der Waals surface area (Å²) in [4.78, 5) is 16.2. The van der Waals surface area contributed by atoms with Crippen molar-refractivity contribution in [2.75, 3.05) is 31.9 Å². The average molecular weight is 569 g/mol. The molecular formula is C27H35Cl2N3O4S. The maximum atomic E-state index is 12.9. The number of nitrogens with one attached hydrogen (secondary N) is 1. The normalized spacial score (nSPS) is 18.2. The second-order valence-electron chi connectivity index (χ2n) is 11.0. The molecule has 1 N–H and O–H groups in total. The second kappa shape index (κ2) is 11.5. The molecule has 7 nitrogen and oxygen atoms in total. The van der Waals surface area contributed by atoms with Crippen LogP contribution in [0.25, 0.3) is 0 Å². The van der Waals surface area contributed by atoms with Crippen LogP contribution in [-0.4, -0.2) is 67.9 Å². The Balaban J connectivity index is 1.31. The molecule has 2 aromatic carbocycles. The second-order valence-corrected chi connectivity index (χ2v) is 13.6. The number of rotatable bonds is 7. The highest BCUT2D eigenvalue weighted by atomic mass is 35.5. The van der Waals surface area contributed by atoms with E-state index in [0.29, 0.717) is 49.1 Å². The van der Waals surface area contributed by atoms with Crippen LogP contribution in [0, 0.1) is 5.92 Å². The zero-order valence-electron chi connectivity index (χ0n) is 21.5. The molecule has 0 aromatic heterocycles. The lowest BCUT2D eigenvalue weighted by Gasteiger charge is -2.45. The van der Waals surface area contributed by atoms with Crippen molar-refractivity contribution < 1.29 is 17.9 Å². The van der Waals surface area contributed by atoms with Crippen molar-refractivity contribution >= 4 is 39.3 Å². The van der Waals surface area contributed by atoms with Crippen LogP contribution in [0.2, 0.25) is 10.0 Å². The van der Waals surface area contributed by atoms with E-state index in [0.717, 1.165) is 11.1 Å². The number of carbonyl (C=O) groups is 1. The van der Waals surface area contributed by atoms with Crippen LogP contribution < -0.4 is 4.72 Å². The number of likely N-dealkylation sites (tertiary alicyclic amines) is 2. The molecule has 2 aliphatic rings. The fourth-order valence-electron chi connectivity index (χ4n) is 4.92. The molecule has 0 spiro atoms. The summed E-state index contributed by atoms with van der Waals surface area (Å²) in [6, 6.07) is 15.3. The van der Waals surface area contributed by atoms with Gasteiger partial charge in [0.15, 0.2) is 0 Å². The van der Waals surface area contributed by atoms with Crippen molar-refractivity contribution in [3.8, 4) is 0 Å². The summed E-state index contributed by atoms with van der Waals surface area (Å²) in [6.45, 7) is 7.74. The van der Waals surface area contributed by atoms with Gasteiger partial charge in [-0.05, 0) is 74.9 Å². The van der Waals surface area contributed by atoms with Gasteiger partial charge < -0.3 is 9.64 Å². The Morgan fingerprint density at radius 2 is 1.46 bits per heavy atom. The minimum Gasteiger partial charge on any atom is -0.444 e. The number of sulfonamides is 1. The van der Waals surface area contributed by atoms with Crippen molar-refractivity contribution in [3.63, 3.8) is 0 Å². The van der Waals surface area contributed by atoms with Crippen molar-refractivity contribution in [1.29, 1.82) is 0 Å². The lowest BCUT2D eigenvalue weighted by atomic mass is 9.93. The predicted octanol–water partition coefficient (Wildman–Crippen LogP) is 5.33. The maximum absolute atomic E-state index is 12.9. The summed E-state index contributed by atoms with van der Waals surface area (Å²) < 4.78 is 34.2. The van der Waals surface area contributed by atoms with Gasteiger partial charge in [-0.3, -0.25) is 4.90 Å². The molecule has 0 atom stereocenters. The summed E-state index contributed by atoms with van der Waals surface area (Å²) in [6.07, 6.45) is 0.954. The van der Waals surface area contributed by atoms with Gasteiger partial charge in [0.2, 0.25) is 10.0 Å². The van der Waals surface area contributed by atoms with Gasteiger partial charge >= 0.3 is 6.09 Å². The molecule has 2 heterocycles. The van der Waals surface area contributed by atoms with Crippen LogP contribution in [0.5, 0.6) is 0 Å². The molecule has 2 aromatic rings. The molecule has 0 unspecified atom stereocenters. The van der Waals surface area contributed by atoms with E-state index in [2.05, 4.69) is 9.62 Å². The van der Waals surface area contributed by atoms with Gasteiger partial charge in [0, 0.05) is 42.3 Å². The monoisotopic (exact) mass is 567 g/mol. The molecule has 0 bridgehead atoms. The summed E-state index contributed by atoms with van der Waals surface area (Å²) >= 11 is 12.2. The van der Waals surface area contributed by atoms with Crippen LogP contribution in [0.15, 0.2) is 48.5 Å². The SMILES string of the molecule is CC(C)(C)OC(=O)N1CCC(CS(=O)(=O)NC2CN(C(c3ccc(Cl)cc3)c3ccc(Cl)cc3)C2)CC1. The van der Waals surface area contributed by atoms with Crippen molar-refractivity contribution in [2.45, 2.75) is 51.3 Å². The molecule has 4 rings (SSSR count). The third-order valence-corrected chi connectivity index (χ3v) is 8.82. The number of halogens is 2. The highest BCUT2D eigenvalue weighted by Gasteiger charge is 2.37. The molecule has 1 amide bonds. The van der Waals surface area contributed by atoms with E-state index in [9.17, 15) is 13.2 Å². The average Bonchev–Trinajstić information content (AvgIpc) is 2.79. The third-order valence-electron chi connectivity index (χ3n) is 6.71. The number of hydrogen-bond acceptors (Lipinski definition) is 5. The number of benzene rings is 2. The van der Waals surface area contributed by atoms with E-state index < -0.39 is 15.6 Å². The number of hydrogen-bond donors (Lipinski definition) is 1. The number of amides is 1. The quantitative estimate of drug-likeness (QED) is 0.489. The first-order chi connectivity index (χ1) is 17.4. The lowest BCUT2D eigenvalue weighted by molar-refractivity contribution is 0.0191. The molecule has 2 fully saturated rings. The van der Waals surface area contributed by atoms with E-state index >= 15 is 0 Å². The predicted molar refractivity (Wildman–Crippen MR) is 148 cm³/mol. The molecule has 10 heteroatoms. The van der Waals surface area contributed by atoms with Gasteiger partial charge in [0.1, 0.15) is 5.60 Å². The van der Waals surface area contributed by atoms with Gasteiger partial charge in [-0.25, -0.2) is 17.9 Å². The van der Waals surface area contributed by atoms with E-state index in [1.165, 1.54) is 0 Å². The first-order valence-electron chi connectivity index (χ1n) is 12.6. The number of piperidine rings is 1. The fourth-order valence-corrected chi connectivity index (χ4v) is 6.88. The molecule has 2 saturated heterocycles. The van der Waals surface area contributed by atoms with Crippen LogP contribution in [0.3, 0.4) is 0 Å². The summed E-state index contributed by atoms with van der Waals surface area (Å²) in [7, 11) is -3.44. The zero-order chi connectivity index (χ0) is 26.8. The highest BCUT2D eigenvalue weighted by molar-refractivity contribution is 7.89. The standard InChI is InChI=1S/C27H35Cl2N3O4S/c1-27(2,3)36-26(33)31-14-12-19(13-15-31)18-37(34,35)30-24-16-32(17-24)25(20-4-8-22(28)9-5-20)21-6-10-23(29)11-7-21/h4-11,19,24-25,30H,12-18H2,1-3H3. The lowest BCUT2D eigenvalue weighted by Crippen LogP contribution is -2.60. The van der Waals surface area contributed by atoms with Crippen LogP contribution in [0.4, 0.5) is 4.79 Å². The molecule has 2 aliphatic heterocycles. The molecular weight excluding hydrogens is 533 g/mol. The van der Waals surface area contributed by atoms with Gasteiger partial charge in [-0.15, -0.1) is 0 Å². The van der Waals surface area contributed by atoms with Gasteiger partial charge in [-0.2, -0.15) is 0 Å². The van der Waals surface area contributed by atoms with Crippen molar-refractivity contribution in [3.05, 3.63) is 69.7 Å². The van der Waals surface area contributed by atoms with Crippen molar-refractivity contribution in [1.82, 2.24) is 14.5 Å². The van der Waals surface area contributed by atoms with Crippen molar-refractivity contribution in [2.24, 2.45) is 5.92 Å². The first kappa shape index (κ1) is 28.2. The van der Waals surface area contributed by atoms with E-state index in [4.69, 9.17) is 27.9 Å². The van der Waals surface area contributed by atoms with Gasteiger partial charge in [0.25, 0.3) is 0 Å². The van der Waals surface area contributed by atoms with Crippen LogP contribution in [0.1, 0.15) is 50.8 Å². The van der Waals surface area contributed by atoms with E-state index in [1.807, 2.05) is 69.3 Å². The van der Waals surface area contributed by atoms with Gasteiger partial charge in [0.05, 0.1) is 11.8 Å². The van der Waals surface area contributed by atoms with Gasteiger partial charge in [-0.1, -0.05) is 47.5 Å². The first-order valence-corrected chi connectivity index (χ1v) is 15.0. The Hall–Kier alpha value is -1.84. The molecule has 202 valence electrons. The molecule has 37 heavy (non-hydrogen) atoms. The number of nitrogens with zero attached hydrogens (tertiary/aromatic N) is 2. The summed E-state index contributed by atoms with van der Waals surface area (Å²) in [5.41, 5.74) is 1.63. The fraction of sp³-hybridized carbons (Fsp3) is 0.519. The zero-order valence-corrected chi connectivity index (χ0v) is 23.8. The van der Waals surface area contributed by atoms with Crippen LogP contribution >= 0.6 is 23.2 Å². The summed E-state index contributed by atoms with van der Waals surface area (Å²) in [5.74, 6) is 0.0898. The van der Waals surface area contributed by atoms with E-state index in [1.54, 1.807) is 4.90 Å². The van der Waals surface area contributed by atoms with E-state index in [-0.39, 0.29) is 29.8 Å². The highest BCUT2D eigenvalue weighted by Crippen LogP contribution is 2.34.